The lowest BCUT2D eigenvalue weighted by Gasteiger charge is -2.11. The summed E-state index contributed by atoms with van der Waals surface area (Å²) in [6, 6.07) is 8.12. The highest BCUT2D eigenvalue weighted by molar-refractivity contribution is 9.10. The van der Waals surface area contributed by atoms with E-state index in [1.807, 2.05) is 18.2 Å². The van der Waals surface area contributed by atoms with Gasteiger partial charge in [0.05, 0.1) is 0 Å². The number of nitrogens with zero attached hydrogens (tertiary/aromatic N) is 2. The van der Waals surface area contributed by atoms with Crippen LogP contribution in [0.3, 0.4) is 0 Å². The Bertz CT molecular complexity index is 588. The molecular formula is C17H22BrN3. The smallest absolute Gasteiger partial charge is 0.159 e. The Kier molecular flexibility index (Phi) is 5.88. The Labute approximate surface area is 135 Å². The lowest BCUT2D eigenvalue weighted by Crippen LogP contribution is -2.15. The van der Waals surface area contributed by atoms with E-state index in [1.54, 1.807) is 0 Å². The second-order valence-corrected chi connectivity index (χ2v) is 6.08. The SMILES string of the molecule is CCNCCCc1c(C)nc(-c2cccc(Br)c2)nc1C. The first-order valence-corrected chi connectivity index (χ1v) is 8.22. The van der Waals surface area contributed by atoms with Crippen molar-refractivity contribution in [3.05, 3.63) is 45.7 Å². The number of benzene rings is 1. The number of nitrogens with one attached hydrogen (secondary N) is 1. The molecule has 0 radical (unpaired) electrons. The van der Waals surface area contributed by atoms with E-state index in [9.17, 15) is 0 Å². The summed E-state index contributed by atoms with van der Waals surface area (Å²) in [6.45, 7) is 8.36. The molecular weight excluding hydrogens is 326 g/mol. The zero-order valence-electron chi connectivity index (χ0n) is 12.9. The largest absolute Gasteiger partial charge is 0.317 e. The van der Waals surface area contributed by atoms with Crippen LogP contribution < -0.4 is 5.32 Å². The molecule has 0 saturated heterocycles. The van der Waals surface area contributed by atoms with Gasteiger partial charge in [-0.1, -0.05) is 35.0 Å². The Hall–Kier alpha value is -1.26. The second-order valence-electron chi connectivity index (χ2n) is 5.16. The van der Waals surface area contributed by atoms with Crippen LogP contribution in [-0.2, 0) is 6.42 Å². The minimum absolute atomic E-state index is 0.807. The van der Waals surface area contributed by atoms with Gasteiger partial charge in [-0.2, -0.15) is 0 Å². The van der Waals surface area contributed by atoms with Gasteiger partial charge in [0.1, 0.15) is 0 Å². The molecule has 1 aromatic carbocycles. The monoisotopic (exact) mass is 347 g/mol. The molecule has 3 nitrogen and oxygen atoms in total. The zero-order chi connectivity index (χ0) is 15.2. The molecule has 0 fully saturated rings. The summed E-state index contributed by atoms with van der Waals surface area (Å²) in [5.41, 5.74) is 4.52. The number of hydrogen-bond acceptors (Lipinski definition) is 3. The first-order chi connectivity index (χ1) is 10.1. The molecule has 0 spiro atoms. The Balaban J connectivity index is 2.20. The first-order valence-electron chi connectivity index (χ1n) is 7.42. The van der Waals surface area contributed by atoms with Gasteiger partial charge in [0, 0.05) is 21.4 Å². The van der Waals surface area contributed by atoms with E-state index in [1.165, 1.54) is 5.56 Å². The van der Waals surface area contributed by atoms with Crippen molar-refractivity contribution >= 4 is 15.9 Å². The minimum atomic E-state index is 0.807. The third-order valence-corrected chi connectivity index (χ3v) is 4.03. The predicted molar refractivity (Wildman–Crippen MR) is 91.5 cm³/mol. The first kappa shape index (κ1) is 16.1. The summed E-state index contributed by atoms with van der Waals surface area (Å²) in [5, 5.41) is 3.35. The van der Waals surface area contributed by atoms with Gasteiger partial charge in [-0.25, -0.2) is 9.97 Å². The van der Waals surface area contributed by atoms with Crippen molar-refractivity contribution in [1.82, 2.24) is 15.3 Å². The van der Waals surface area contributed by atoms with E-state index in [2.05, 4.69) is 48.1 Å². The highest BCUT2D eigenvalue weighted by Gasteiger charge is 2.10. The van der Waals surface area contributed by atoms with E-state index in [-0.39, 0.29) is 0 Å². The van der Waals surface area contributed by atoms with Gasteiger partial charge < -0.3 is 5.32 Å². The van der Waals surface area contributed by atoms with Crippen LogP contribution in [-0.4, -0.2) is 23.1 Å². The lowest BCUT2D eigenvalue weighted by atomic mass is 10.1. The Morgan fingerprint density at radius 1 is 1.14 bits per heavy atom. The molecule has 0 aliphatic heterocycles. The summed E-state index contributed by atoms with van der Waals surface area (Å²) < 4.78 is 1.05. The quantitative estimate of drug-likeness (QED) is 0.800. The van der Waals surface area contributed by atoms with Crippen molar-refractivity contribution in [3.63, 3.8) is 0 Å². The molecule has 112 valence electrons. The highest BCUT2D eigenvalue weighted by Crippen LogP contribution is 2.22. The van der Waals surface area contributed by atoms with Gasteiger partial charge in [-0.05, 0) is 57.5 Å². The molecule has 0 aliphatic carbocycles. The molecule has 1 N–H and O–H groups in total. The maximum atomic E-state index is 4.69. The topological polar surface area (TPSA) is 37.8 Å². The van der Waals surface area contributed by atoms with Gasteiger partial charge in [0.2, 0.25) is 0 Å². The van der Waals surface area contributed by atoms with Crippen molar-refractivity contribution in [3.8, 4) is 11.4 Å². The molecule has 21 heavy (non-hydrogen) atoms. The van der Waals surface area contributed by atoms with Crippen LogP contribution in [0.5, 0.6) is 0 Å². The van der Waals surface area contributed by atoms with Crippen molar-refractivity contribution < 1.29 is 0 Å². The van der Waals surface area contributed by atoms with Crippen LogP contribution >= 0.6 is 15.9 Å². The Morgan fingerprint density at radius 2 is 1.86 bits per heavy atom. The maximum absolute atomic E-state index is 4.69. The van der Waals surface area contributed by atoms with Gasteiger partial charge >= 0.3 is 0 Å². The van der Waals surface area contributed by atoms with E-state index >= 15 is 0 Å². The zero-order valence-corrected chi connectivity index (χ0v) is 14.5. The molecule has 4 heteroatoms. The number of aryl methyl sites for hydroxylation is 2. The molecule has 0 bridgehead atoms. The Morgan fingerprint density at radius 3 is 2.48 bits per heavy atom. The molecule has 1 heterocycles. The number of hydrogen-bond donors (Lipinski definition) is 1. The molecule has 0 amide bonds. The molecule has 2 rings (SSSR count). The normalized spacial score (nSPS) is 10.9. The summed E-state index contributed by atoms with van der Waals surface area (Å²) in [7, 11) is 0. The summed E-state index contributed by atoms with van der Waals surface area (Å²) in [5.74, 6) is 0.807. The predicted octanol–water partition coefficient (Wildman–Crippen LogP) is 4.07. The van der Waals surface area contributed by atoms with Crippen LogP contribution in [0, 0.1) is 13.8 Å². The standard InChI is InChI=1S/C17H22BrN3/c1-4-19-10-6-9-16-12(2)20-17(21-13(16)3)14-7-5-8-15(18)11-14/h5,7-8,11,19H,4,6,9-10H2,1-3H3. The van der Waals surface area contributed by atoms with E-state index in [0.717, 1.165) is 53.2 Å². The second kappa shape index (κ2) is 7.66. The van der Waals surface area contributed by atoms with Gasteiger partial charge in [-0.15, -0.1) is 0 Å². The highest BCUT2D eigenvalue weighted by atomic mass is 79.9. The summed E-state index contributed by atoms with van der Waals surface area (Å²) in [4.78, 5) is 9.38. The fourth-order valence-corrected chi connectivity index (χ4v) is 2.82. The van der Waals surface area contributed by atoms with Crippen LogP contribution in [0.2, 0.25) is 0 Å². The van der Waals surface area contributed by atoms with Crippen LogP contribution in [0.25, 0.3) is 11.4 Å². The minimum Gasteiger partial charge on any atom is -0.317 e. The van der Waals surface area contributed by atoms with E-state index in [0.29, 0.717) is 0 Å². The van der Waals surface area contributed by atoms with Gasteiger partial charge in [0.25, 0.3) is 0 Å². The molecule has 0 unspecified atom stereocenters. The molecule has 0 atom stereocenters. The van der Waals surface area contributed by atoms with Crippen LogP contribution in [0.4, 0.5) is 0 Å². The van der Waals surface area contributed by atoms with Gasteiger partial charge in [-0.3, -0.25) is 0 Å². The molecule has 0 saturated carbocycles. The molecule has 1 aromatic heterocycles. The summed E-state index contributed by atoms with van der Waals surface area (Å²) in [6.07, 6.45) is 2.15. The van der Waals surface area contributed by atoms with E-state index in [4.69, 9.17) is 9.97 Å². The van der Waals surface area contributed by atoms with E-state index < -0.39 is 0 Å². The van der Waals surface area contributed by atoms with Crippen molar-refractivity contribution in [2.75, 3.05) is 13.1 Å². The molecule has 0 aliphatic rings. The van der Waals surface area contributed by atoms with Crippen molar-refractivity contribution in [2.45, 2.75) is 33.6 Å². The van der Waals surface area contributed by atoms with Crippen molar-refractivity contribution in [1.29, 1.82) is 0 Å². The third-order valence-electron chi connectivity index (χ3n) is 3.53. The average Bonchev–Trinajstić information content (AvgIpc) is 2.45. The van der Waals surface area contributed by atoms with Gasteiger partial charge in [0.15, 0.2) is 5.82 Å². The van der Waals surface area contributed by atoms with Crippen LogP contribution in [0.15, 0.2) is 28.7 Å². The number of aromatic nitrogens is 2. The summed E-state index contributed by atoms with van der Waals surface area (Å²) >= 11 is 3.50. The third kappa shape index (κ3) is 4.35. The average molecular weight is 348 g/mol. The molecule has 2 aromatic rings. The lowest BCUT2D eigenvalue weighted by molar-refractivity contribution is 0.667. The number of rotatable bonds is 6. The fraction of sp³-hybridized carbons (Fsp3) is 0.412. The fourth-order valence-electron chi connectivity index (χ4n) is 2.42. The maximum Gasteiger partial charge on any atom is 0.159 e. The van der Waals surface area contributed by atoms with Crippen molar-refractivity contribution in [2.24, 2.45) is 0 Å². The van der Waals surface area contributed by atoms with Crippen LogP contribution in [0.1, 0.15) is 30.3 Å². The number of halogens is 1.